The highest BCUT2D eigenvalue weighted by molar-refractivity contribution is 9.10. The minimum absolute atomic E-state index is 0.200. The van der Waals surface area contributed by atoms with Crippen LogP contribution in [0, 0.1) is 11.8 Å². The fourth-order valence-corrected chi connectivity index (χ4v) is 3.67. The van der Waals surface area contributed by atoms with Crippen LogP contribution in [0.3, 0.4) is 0 Å². The number of nitrogens with zero attached hydrogens (tertiary/aromatic N) is 3. The number of hydrogen-bond acceptors (Lipinski definition) is 6. The molecule has 0 aliphatic rings. The smallest absolute Gasteiger partial charge is 0.415 e. The number of amides is 2. The van der Waals surface area contributed by atoms with Crippen LogP contribution in [-0.2, 0) is 4.74 Å². The summed E-state index contributed by atoms with van der Waals surface area (Å²) < 4.78 is 13.5. The van der Waals surface area contributed by atoms with Gasteiger partial charge in [-0.25, -0.2) is 9.78 Å². The Labute approximate surface area is 212 Å². The zero-order valence-electron chi connectivity index (χ0n) is 20.5. The quantitative estimate of drug-likeness (QED) is 0.467. The van der Waals surface area contributed by atoms with Gasteiger partial charge >= 0.3 is 6.09 Å². The molecule has 3 aromatic rings. The van der Waals surface area contributed by atoms with Gasteiger partial charge in [-0.05, 0) is 73.0 Å². The number of anilines is 2. The summed E-state index contributed by atoms with van der Waals surface area (Å²) in [5.41, 5.74) is 1.59. The second-order valence-electron chi connectivity index (χ2n) is 8.52. The van der Waals surface area contributed by atoms with E-state index in [0.717, 1.165) is 4.47 Å². The summed E-state index contributed by atoms with van der Waals surface area (Å²) >= 11 is 3.51. The Balaban J connectivity index is 1.89. The number of benzene rings is 1. The van der Waals surface area contributed by atoms with Crippen LogP contribution in [0.25, 0.3) is 5.65 Å². The summed E-state index contributed by atoms with van der Waals surface area (Å²) in [6.07, 6.45) is 1.30. The van der Waals surface area contributed by atoms with Crippen molar-refractivity contribution in [2.75, 3.05) is 38.0 Å². The van der Waals surface area contributed by atoms with Crippen molar-refractivity contribution in [1.29, 1.82) is 0 Å². The Morgan fingerprint density at radius 1 is 1.26 bits per heavy atom. The molecule has 0 saturated carbocycles. The lowest BCUT2D eigenvalue weighted by Crippen LogP contribution is -2.35. The van der Waals surface area contributed by atoms with Crippen molar-refractivity contribution in [1.82, 2.24) is 14.7 Å². The maximum atomic E-state index is 12.8. The number of nitrogens with one attached hydrogen (secondary N) is 2. The third-order valence-corrected chi connectivity index (χ3v) is 5.45. The van der Waals surface area contributed by atoms with Crippen molar-refractivity contribution in [2.45, 2.75) is 26.4 Å². The molecule has 0 aliphatic carbocycles. The van der Waals surface area contributed by atoms with E-state index in [9.17, 15) is 9.59 Å². The second-order valence-corrected chi connectivity index (χ2v) is 9.38. The van der Waals surface area contributed by atoms with Crippen molar-refractivity contribution < 1.29 is 19.1 Å². The number of carbonyl (C=O) groups is 2. The first-order chi connectivity index (χ1) is 16.6. The van der Waals surface area contributed by atoms with Crippen molar-refractivity contribution in [3.63, 3.8) is 0 Å². The number of halogens is 1. The number of methoxy groups -OCH3 is 1. The van der Waals surface area contributed by atoms with Crippen LogP contribution in [-0.4, -0.2) is 54.7 Å². The molecule has 3 rings (SSSR count). The predicted molar refractivity (Wildman–Crippen MR) is 139 cm³/mol. The minimum Gasteiger partial charge on any atom is -0.495 e. The van der Waals surface area contributed by atoms with E-state index in [1.807, 2.05) is 39.1 Å². The molecule has 2 N–H and O–H groups in total. The minimum atomic E-state index is -0.644. The van der Waals surface area contributed by atoms with Gasteiger partial charge in [-0.15, -0.1) is 0 Å². The fourth-order valence-electron chi connectivity index (χ4n) is 3.23. The molecular weight excluding hydrogens is 514 g/mol. The first-order valence-corrected chi connectivity index (χ1v) is 11.6. The van der Waals surface area contributed by atoms with E-state index in [1.165, 1.54) is 12.0 Å². The molecule has 2 amide bonds. The number of pyridine rings is 1. The monoisotopic (exact) mass is 541 g/mol. The van der Waals surface area contributed by atoms with Gasteiger partial charge in [-0.2, -0.15) is 0 Å². The number of ether oxygens (including phenoxy) is 2. The molecule has 2 aromatic heterocycles. The zero-order chi connectivity index (χ0) is 25.8. The summed E-state index contributed by atoms with van der Waals surface area (Å²) in [6.45, 7) is 5.71. The fraction of sp³-hybridized carbons (Fsp3) is 0.320. The SMILES string of the molecule is CNC(=O)c1ccc(NCC#Cc2nc3c(Br)cccn3c2N(C)C(=O)OC(C)(C)C)c(OC)c1. The average Bonchev–Trinajstić information content (AvgIpc) is 3.19. The van der Waals surface area contributed by atoms with Gasteiger partial charge in [0.2, 0.25) is 0 Å². The summed E-state index contributed by atoms with van der Waals surface area (Å²) in [7, 11) is 4.73. The first kappa shape index (κ1) is 25.9. The zero-order valence-corrected chi connectivity index (χ0v) is 22.1. The van der Waals surface area contributed by atoms with Crippen LogP contribution in [0.15, 0.2) is 41.0 Å². The highest BCUT2D eigenvalue weighted by atomic mass is 79.9. The molecule has 0 saturated heterocycles. The molecule has 1 aromatic carbocycles. The van der Waals surface area contributed by atoms with Gasteiger partial charge in [0.15, 0.2) is 17.2 Å². The molecule has 35 heavy (non-hydrogen) atoms. The number of rotatable bonds is 5. The second kappa shape index (κ2) is 10.7. The van der Waals surface area contributed by atoms with E-state index in [0.29, 0.717) is 34.2 Å². The predicted octanol–water partition coefficient (Wildman–Crippen LogP) is 4.30. The third-order valence-electron chi connectivity index (χ3n) is 4.83. The summed E-state index contributed by atoms with van der Waals surface area (Å²) in [5, 5.41) is 5.77. The molecule has 0 bridgehead atoms. The highest BCUT2D eigenvalue weighted by Gasteiger charge is 2.25. The van der Waals surface area contributed by atoms with Crippen LogP contribution in [0.2, 0.25) is 0 Å². The normalized spacial score (nSPS) is 10.8. The largest absolute Gasteiger partial charge is 0.495 e. The Bertz CT molecular complexity index is 1320. The lowest BCUT2D eigenvalue weighted by molar-refractivity contribution is 0.0587. The number of carbonyl (C=O) groups excluding carboxylic acids is 2. The van der Waals surface area contributed by atoms with Crippen molar-refractivity contribution >= 4 is 45.1 Å². The summed E-state index contributed by atoms with van der Waals surface area (Å²) in [6, 6.07) is 8.83. The summed E-state index contributed by atoms with van der Waals surface area (Å²) in [4.78, 5) is 30.7. The van der Waals surface area contributed by atoms with Gasteiger partial charge in [0.25, 0.3) is 5.91 Å². The topological polar surface area (TPSA) is 97.2 Å². The first-order valence-electron chi connectivity index (χ1n) is 10.8. The van der Waals surface area contributed by atoms with Crippen molar-refractivity contribution in [3.8, 4) is 17.6 Å². The van der Waals surface area contributed by atoms with Gasteiger partial charge in [-0.3, -0.25) is 14.1 Å². The van der Waals surface area contributed by atoms with Gasteiger partial charge < -0.3 is 20.1 Å². The van der Waals surface area contributed by atoms with Gasteiger partial charge in [0.1, 0.15) is 11.4 Å². The number of imidazole rings is 1. The highest BCUT2D eigenvalue weighted by Crippen LogP contribution is 2.28. The number of fused-ring (bicyclic) bond motifs is 1. The van der Waals surface area contributed by atoms with E-state index >= 15 is 0 Å². The average molecular weight is 542 g/mol. The molecule has 0 unspecified atom stereocenters. The molecule has 0 fully saturated rings. The molecule has 10 heteroatoms. The molecule has 184 valence electrons. The molecular formula is C25H28BrN5O4. The molecule has 0 aliphatic heterocycles. The Morgan fingerprint density at radius 2 is 2.00 bits per heavy atom. The van der Waals surface area contributed by atoms with Crippen LogP contribution in [0.4, 0.5) is 16.3 Å². The number of hydrogen-bond donors (Lipinski definition) is 2. The number of aromatic nitrogens is 2. The third kappa shape index (κ3) is 6.05. The van der Waals surface area contributed by atoms with Crippen molar-refractivity contribution in [3.05, 3.63) is 52.3 Å². The van der Waals surface area contributed by atoms with Crippen LogP contribution >= 0.6 is 15.9 Å². The summed E-state index contributed by atoms with van der Waals surface area (Å²) in [5.74, 6) is 6.92. The molecule has 2 heterocycles. The van der Waals surface area contributed by atoms with Crippen LogP contribution in [0.5, 0.6) is 5.75 Å². The Morgan fingerprint density at radius 3 is 2.66 bits per heavy atom. The van der Waals surface area contributed by atoms with Crippen LogP contribution < -0.4 is 20.3 Å². The van der Waals surface area contributed by atoms with Gasteiger partial charge in [0, 0.05) is 25.9 Å². The molecule has 9 nitrogen and oxygen atoms in total. The Hall–Kier alpha value is -3.71. The standard InChI is InChI=1S/C25H28BrN5O4/c1-25(2,3)35-24(33)30(5)23-19(29-21-17(26)9-8-14-31(21)23)10-7-13-28-18-12-11-16(22(32)27-4)15-20(18)34-6/h8-9,11-12,14-15,28H,13H2,1-6H3,(H,27,32). The van der Waals surface area contributed by atoms with Gasteiger partial charge in [-0.1, -0.05) is 5.92 Å². The van der Waals surface area contributed by atoms with E-state index < -0.39 is 11.7 Å². The maximum absolute atomic E-state index is 12.8. The molecule has 0 spiro atoms. The van der Waals surface area contributed by atoms with Crippen LogP contribution in [0.1, 0.15) is 36.8 Å². The Kier molecular flexibility index (Phi) is 7.92. The van der Waals surface area contributed by atoms with Crippen molar-refractivity contribution in [2.24, 2.45) is 0 Å². The molecule has 0 atom stereocenters. The van der Waals surface area contributed by atoms with E-state index in [4.69, 9.17) is 9.47 Å². The molecule has 0 radical (unpaired) electrons. The van der Waals surface area contributed by atoms with E-state index in [2.05, 4.69) is 43.4 Å². The van der Waals surface area contributed by atoms with E-state index in [1.54, 1.807) is 36.7 Å². The van der Waals surface area contributed by atoms with E-state index in [-0.39, 0.29) is 12.5 Å². The maximum Gasteiger partial charge on any atom is 0.415 e. The van der Waals surface area contributed by atoms with Gasteiger partial charge in [0.05, 0.1) is 23.8 Å². The lowest BCUT2D eigenvalue weighted by Gasteiger charge is -2.24. The lowest BCUT2D eigenvalue weighted by atomic mass is 10.1.